The zero-order chi connectivity index (χ0) is 18.5. The van der Waals surface area contributed by atoms with Crippen LogP contribution >= 0.6 is 0 Å². The zero-order valence-corrected chi connectivity index (χ0v) is 14.4. The lowest BCUT2D eigenvalue weighted by molar-refractivity contribution is 0.573. The number of aromatic nitrogens is 2. The average molecular weight is 356 g/mol. The van der Waals surface area contributed by atoms with E-state index in [2.05, 4.69) is 33.5 Å². The molecule has 3 heterocycles. The van der Waals surface area contributed by atoms with Gasteiger partial charge in [-0.15, -0.1) is 0 Å². The predicted molar refractivity (Wildman–Crippen MR) is 101 cm³/mol. The summed E-state index contributed by atoms with van der Waals surface area (Å²) < 4.78 is 10.9. The first-order valence-corrected chi connectivity index (χ1v) is 8.53. The molecule has 0 radical (unpaired) electrons. The summed E-state index contributed by atoms with van der Waals surface area (Å²) >= 11 is 0. The summed E-state index contributed by atoms with van der Waals surface area (Å²) in [5.74, 6) is 1.89. The quantitative estimate of drug-likeness (QED) is 0.546. The van der Waals surface area contributed by atoms with Gasteiger partial charge in [0.15, 0.2) is 17.3 Å². The van der Waals surface area contributed by atoms with Crippen molar-refractivity contribution in [2.24, 2.45) is 0 Å². The highest BCUT2D eigenvalue weighted by Gasteiger charge is 2.19. The molecule has 0 aliphatic heterocycles. The van der Waals surface area contributed by atoms with Crippen LogP contribution in [0.1, 0.15) is 11.1 Å². The molecule has 0 spiro atoms. The highest BCUT2D eigenvalue weighted by molar-refractivity contribution is 5.72. The molecule has 0 aliphatic carbocycles. The Hall–Kier alpha value is -3.85. The van der Waals surface area contributed by atoms with Crippen LogP contribution in [0.2, 0.25) is 0 Å². The van der Waals surface area contributed by atoms with Gasteiger partial charge in [0.05, 0.1) is 12.5 Å². The van der Waals surface area contributed by atoms with Gasteiger partial charge in [-0.1, -0.05) is 30.3 Å². The Kier molecular flexibility index (Phi) is 4.66. The molecule has 0 bridgehead atoms. The minimum atomic E-state index is 0.341. The first-order chi connectivity index (χ1) is 13.3. The Labute approximate surface area is 156 Å². The SMILES string of the molecule is N#Cc1c(NCCc2ccccc2)nc(-c2ccco2)nc1-c1ccco1. The van der Waals surface area contributed by atoms with E-state index >= 15 is 0 Å². The van der Waals surface area contributed by atoms with Crippen molar-refractivity contribution in [3.63, 3.8) is 0 Å². The van der Waals surface area contributed by atoms with Crippen molar-refractivity contribution in [3.05, 3.63) is 78.3 Å². The fourth-order valence-corrected chi connectivity index (χ4v) is 2.77. The van der Waals surface area contributed by atoms with E-state index in [0.717, 1.165) is 6.42 Å². The standard InChI is InChI=1S/C21H16N4O2/c22-14-16-19(17-8-4-12-26-17)24-21(18-9-5-13-27-18)25-20(16)23-11-10-15-6-2-1-3-7-15/h1-9,12-13H,10-11H2,(H,23,24,25). The van der Waals surface area contributed by atoms with E-state index in [4.69, 9.17) is 8.83 Å². The van der Waals surface area contributed by atoms with Gasteiger partial charge in [0, 0.05) is 6.54 Å². The van der Waals surface area contributed by atoms with E-state index in [9.17, 15) is 5.26 Å². The van der Waals surface area contributed by atoms with Crippen LogP contribution in [-0.4, -0.2) is 16.5 Å². The molecule has 1 aromatic carbocycles. The molecule has 0 atom stereocenters. The molecule has 4 rings (SSSR count). The zero-order valence-electron chi connectivity index (χ0n) is 14.4. The van der Waals surface area contributed by atoms with Crippen molar-refractivity contribution >= 4 is 5.82 Å². The third kappa shape index (κ3) is 3.58. The summed E-state index contributed by atoms with van der Waals surface area (Å²) in [6.45, 7) is 0.630. The maximum Gasteiger partial charge on any atom is 0.198 e. The molecule has 0 saturated heterocycles. The summed E-state index contributed by atoms with van der Waals surface area (Å²) in [5.41, 5.74) is 1.98. The molecular weight excluding hydrogens is 340 g/mol. The summed E-state index contributed by atoms with van der Waals surface area (Å²) in [5, 5.41) is 13.0. The van der Waals surface area contributed by atoms with Gasteiger partial charge < -0.3 is 14.2 Å². The molecule has 132 valence electrons. The van der Waals surface area contributed by atoms with Gasteiger partial charge in [0.1, 0.15) is 23.1 Å². The van der Waals surface area contributed by atoms with Crippen molar-refractivity contribution in [2.75, 3.05) is 11.9 Å². The second-order valence-electron chi connectivity index (χ2n) is 5.85. The second-order valence-corrected chi connectivity index (χ2v) is 5.85. The molecule has 0 aliphatic rings. The number of rotatable bonds is 6. The van der Waals surface area contributed by atoms with Gasteiger partial charge in [-0.3, -0.25) is 0 Å². The maximum atomic E-state index is 9.70. The Bertz CT molecular complexity index is 1050. The van der Waals surface area contributed by atoms with Gasteiger partial charge >= 0.3 is 0 Å². The summed E-state index contributed by atoms with van der Waals surface area (Å²) in [7, 11) is 0. The van der Waals surface area contributed by atoms with Crippen molar-refractivity contribution in [1.29, 1.82) is 5.26 Å². The highest BCUT2D eigenvalue weighted by atomic mass is 16.3. The van der Waals surface area contributed by atoms with Crippen LogP contribution in [0.25, 0.3) is 23.0 Å². The van der Waals surface area contributed by atoms with Crippen molar-refractivity contribution in [3.8, 4) is 29.1 Å². The Morgan fingerprint density at radius 2 is 1.63 bits per heavy atom. The number of nitriles is 1. The number of furan rings is 2. The molecule has 0 amide bonds. The Morgan fingerprint density at radius 1 is 0.889 bits per heavy atom. The summed E-state index contributed by atoms with van der Waals surface area (Å²) in [6, 6.07) is 19.4. The van der Waals surface area contributed by atoms with Gasteiger partial charge in [0.25, 0.3) is 0 Å². The molecule has 27 heavy (non-hydrogen) atoms. The largest absolute Gasteiger partial charge is 0.463 e. The smallest absolute Gasteiger partial charge is 0.198 e. The van der Waals surface area contributed by atoms with Crippen LogP contribution in [0.5, 0.6) is 0 Å². The molecular formula is C21H16N4O2. The number of nitrogens with zero attached hydrogens (tertiary/aromatic N) is 3. The first kappa shape index (κ1) is 16.6. The molecule has 0 unspecified atom stereocenters. The third-order valence-electron chi connectivity index (χ3n) is 4.07. The minimum absolute atomic E-state index is 0.341. The number of anilines is 1. The third-order valence-corrected chi connectivity index (χ3v) is 4.07. The molecule has 6 heteroatoms. The van der Waals surface area contributed by atoms with E-state index < -0.39 is 0 Å². The Balaban J connectivity index is 1.69. The van der Waals surface area contributed by atoms with E-state index in [1.807, 2.05) is 18.2 Å². The van der Waals surface area contributed by atoms with Crippen molar-refractivity contribution < 1.29 is 8.83 Å². The van der Waals surface area contributed by atoms with E-state index in [0.29, 0.717) is 41.0 Å². The van der Waals surface area contributed by atoms with Crippen LogP contribution in [0.4, 0.5) is 5.82 Å². The predicted octanol–water partition coefficient (Wildman–Crippen LogP) is 4.52. The van der Waals surface area contributed by atoms with Crippen LogP contribution in [0.3, 0.4) is 0 Å². The van der Waals surface area contributed by atoms with Gasteiger partial charge in [-0.05, 0) is 36.2 Å². The van der Waals surface area contributed by atoms with E-state index in [1.54, 1.807) is 36.8 Å². The Morgan fingerprint density at radius 3 is 2.30 bits per heavy atom. The number of nitrogens with one attached hydrogen (secondary N) is 1. The molecule has 0 fully saturated rings. The molecule has 6 nitrogen and oxygen atoms in total. The first-order valence-electron chi connectivity index (χ1n) is 8.53. The average Bonchev–Trinajstić information content (AvgIpc) is 3.42. The minimum Gasteiger partial charge on any atom is -0.463 e. The lowest BCUT2D eigenvalue weighted by Gasteiger charge is -2.11. The van der Waals surface area contributed by atoms with Crippen LogP contribution in [0.15, 0.2) is 76.0 Å². The lowest BCUT2D eigenvalue weighted by atomic mass is 10.1. The summed E-state index contributed by atoms with van der Waals surface area (Å²) in [6.07, 6.45) is 3.92. The van der Waals surface area contributed by atoms with Gasteiger partial charge in [0.2, 0.25) is 0 Å². The fourth-order valence-electron chi connectivity index (χ4n) is 2.77. The normalized spacial score (nSPS) is 10.5. The van der Waals surface area contributed by atoms with E-state index in [1.165, 1.54) is 5.56 Å². The van der Waals surface area contributed by atoms with Crippen LogP contribution in [0, 0.1) is 11.3 Å². The van der Waals surface area contributed by atoms with Gasteiger partial charge in [-0.2, -0.15) is 5.26 Å². The van der Waals surface area contributed by atoms with E-state index in [-0.39, 0.29) is 0 Å². The lowest BCUT2D eigenvalue weighted by Crippen LogP contribution is -2.10. The van der Waals surface area contributed by atoms with Gasteiger partial charge in [-0.25, -0.2) is 9.97 Å². The number of hydrogen-bond acceptors (Lipinski definition) is 6. The van der Waals surface area contributed by atoms with Crippen LogP contribution in [-0.2, 0) is 6.42 Å². The van der Waals surface area contributed by atoms with Crippen molar-refractivity contribution in [2.45, 2.75) is 6.42 Å². The molecule has 4 aromatic rings. The monoisotopic (exact) mass is 356 g/mol. The summed E-state index contributed by atoms with van der Waals surface area (Å²) in [4.78, 5) is 9.00. The maximum absolute atomic E-state index is 9.70. The van der Waals surface area contributed by atoms with Crippen molar-refractivity contribution in [1.82, 2.24) is 9.97 Å². The highest BCUT2D eigenvalue weighted by Crippen LogP contribution is 2.29. The van der Waals surface area contributed by atoms with Crippen LogP contribution < -0.4 is 5.32 Å². The fraction of sp³-hybridized carbons (Fsp3) is 0.0952. The number of hydrogen-bond donors (Lipinski definition) is 1. The molecule has 1 N–H and O–H groups in total. The topological polar surface area (TPSA) is 87.9 Å². The second kappa shape index (κ2) is 7.58. The number of benzene rings is 1. The molecule has 3 aromatic heterocycles. The molecule has 0 saturated carbocycles.